The van der Waals surface area contributed by atoms with E-state index >= 15 is 0 Å². The highest BCUT2D eigenvalue weighted by Crippen LogP contribution is 2.15. The van der Waals surface area contributed by atoms with Crippen molar-refractivity contribution in [3.8, 4) is 5.75 Å². The van der Waals surface area contributed by atoms with Gasteiger partial charge in [0.05, 0.1) is 6.61 Å². The zero-order valence-electron chi connectivity index (χ0n) is 18.0. The van der Waals surface area contributed by atoms with Gasteiger partial charge in [0, 0.05) is 30.4 Å². The number of rotatable bonds is 16. The molecule has 0 aliphatic heterocycles. The molecular weight excluding hydrogens is 390 g/mol. The Morgan fingerprint density at radius 2 is 1.20 bits per heavy atom. The zero-order chi connectivity index (χ0) is 22.0. The summed E-state index contributed by atoms with van der Waals surface area (Å²) in [6, 6.07) is 2.42. The van der Waals surface area contributed by atoms with E-state index in [1.807, 2.05) is 0 Å². The third kappa shape index (κ3) is 13.9. The Balaban J connectivity index is 2.00. The Morgan fingerprint density at radius 3 is 1.73 bits per heavy atom. The lowest BCUT2D eigenvalue weighted by Gasteiger charge is -2.04. The first kappa shape index (κ1) is 25.8. The highest BCUT2D eigenvalue weighted by atomic mass is 19.1. The monoisotopic (exact) mass is 424 g/mol. The second-order valence-electron chi connectivity index (χ2n) is 7.42. The van der Waals surface area contributed by atoms with E-state index in [9.17, 15) is 18.4 Å². The fraction of sp³-hybridized carbons (Fsp3) is 0.583. The van der Waals surface area contributed by atoms with Crippen LogP contribution in [0.5, 0.6) is 5.75 Å². The van der Waals surface area contributed by atoms with Crippen molar-refractivity contribution in [1.82, 2.24) is 0 Å². The van der Waals surface area contributed by atoms with Crippen LogP contribution < -0.4 is 4.74 Å². The van der Waals surface area contributed by atoms with Gasteiger partial charge in [-0.05, 0) is 6.42 Å². The third-order valence-electron chi connectivity index (χ3n) is 4.65. The van der Waals surface area contributed by atoms with Crippen molar-refractivity contribution < 1.29 is 27.8 Å². The van der Waals surface area contributed by atoms with Crippen LogP contribution in [0.2, 0.25) is 0 Å². The maximum Gasteiger partial charge on any atom is 0.336 e. The van der Waals surface area contributed by atoms with E-state index in [0.29, 0.717) is 12.7 Å². The number of ether oxygens (including phenoxy) is 2. The van der Waals surface area contributed by atoms with Crippen LogP contribution in [0.25, 0.3) is 0 Å². The van der Waals surface area contributed by atoms with Crippen LogP contribution in [0.1, 0.15) is 84.0 Å². The minimum absolute atomic E-state index is 0.271. The van der Waals surface area contributed by atoms with Crippen LogP contribution in [0.3, 0.4) is 0 Å². The molecule has 168 valence electrons. The van der Waals surface area contributed by atoms with E-state index in [2.05, 4.69) is 6.92 Å². The molecule has 6 heteroatoms. The normalized spacial score (nSPS) is 11.0. The number of halogens is 2. The van der Waals surface area contributed by atoms with E-state index < -0.39 is 23.6 Å². The molecule has 0 N–H and O–H groups in total. The summed E-state index contributed by atoms with van der Waals surface area (Å²) in [5, 5.41) is 0. The van der Waals surface area contributed by atoms with E-state index in [0.717, 1.165) is 43.5 Å². The molecule has 0 unspecified atom stereocenters. The summed E-state index contributed by atoms with van der Waals surface area (Å²) in [6.07, 6.45) is 16.5. The summed E-state index contributed by atoms with van der Waals surface area (Å²) < 4.78 is 35.8. The number of carbonyl (C=O) groups is 2. The largest absolute Gasteiger partial charge is 0.463 e. The third-order valence-corrected chi connectivity index (χ3v) is 4.65. The summed E-state index contributed by atoms with van der Waals surface area (Å²) >= 11 is 0. The number of hydrogen-bond donors (Lipinski definition) is 0. The number of hydrogen-bond acceptors (Lipinski definition) is 4. The van der Waals surface area contributed by atoms with Gasteiger partial charge in [0.1, 0.15) is 17.4 Å². The molecule has 1 rings (SSSR count). The van der Waals surface area contributed by atoms with Gasteiger partial charge in [0.15, 0.2) is 0 Å². The molecule has 0 amide bonds. The second kappa shape index (κ2) is 16.5. The Kier molecular flexibility index (Phi) is 14.2. The van der Waals surface area contributed by atoms with E-state index in [-0.39, 0.29) is 5.75 Å². The molecule has 0 spiro atoms. The van der Waals surface area contributed by atoms with E-state index in [4.69, 9.17) is 9.47 Å². The van der Waals surface area contributed by atoms with E-state index in [1.165, 1.54) is 57.8 Å². The highest BCUT2D eigenvalue weighted by Gasteiger charge is 2.06. The van der Waals surface area contributed by atoms with Crippen molar-refractivity contribution in [1.29, 1.82) is 0 Å². The van der Waals surface area contributed by atoms with Gasteiger partial charge < -0.3 is 9.47 Å². The van der Waals surface area contributed by atoms with Crippen LogP contribution in [-0.4, -0.2) is 18.5 Å². The van der Waals surface area contributed by atoms with Crippen LogP contribution in [0.4, 0.5) is 8.78 Å². The Labute approximate surface area is 178 Å². The van der Waals surface area contributed by atoms with Crippen molar-refractivity contribution in [3.05, 3.63) is 42.0 Å². The number of benzene rings is 1. The van der Waals surface area contributed by atoms with Gasteiger partial charge >= 0.3 is 11.9 Å². The Bertz CT molecular complexity index is 638. The molecule has 0 heterocycles. The second-order valence-corrected chi connectivity index (χ2v) is 7.42. The average Bonchev–Trinajstić information content (AvgIpc) is 2.69. The van der Waals surface area contributed by atoms with Gasteiger partial charge in [-0.3, -0.25) is 0 Å². The van der Waals surface area contributed by atoms with Crippen LogP contribution in [0, 0.1) is 11.6 Å². The average molecular weight is 425 g/mol. The number of unbranched alkanes of at least 4 members (excludes halogenated alkanes) is 11. The van der Waals surface area contributed by atoms with E-state index in [1.54, 1.807) is 0 Å². The first-order chi connectivity index (χ1) is 14.5. The number of esters is 2. The molecule has 30 heavy (non-hydrogen) atoms. The maximum atomic E-state index is 13.0. The highest BCUT2D eigenvalue weighted by molar-refractivity contribution is 5.92. The molecule has 1 aromatic rings. The van der Waals surface area contributed by atoms with Gasteiger partial charge in [0.2, 0.25) is 0 Å². The van der Waals surface area contributed by atoms with Gasteiger partial charge in [0.25, 0.3) is 0 Å². The summed E-state index contributed by atoms with van der Waals surface area (Å²) in [7, 11) is 0. The topological polar surface area (TPSA) is 52.6 Å². The minimum atomic E-state index is -0.915. The maximum absolute atomic E-state index is 13.0. The molecule has 0 atom stereocenters. The lowest BCUT2D eigenvalue weighted by Crippen LogP contribution is -2.07. The zero-order valence-corrected chi connectivity index (χ0v) is 18.0. The standard InChI is InChI=1S/C24H34F2O4/c1-2-3-4-5-6-7-8-9-10-11-12-13-16-29-23(27)14-15-24(28)30-22-18-20(25)17-21(26)19-22/h14-15,17-19H,2-13,16H2,1H3/b15-14+. The Morgan fingerprint density at radius 1 is 0.733 bits per heavy atom. The summed E-state index contributed by atoms with van der Waals surface area (Å²) in [6.45, 7) is 2.53. The molecular formula is C24H34F2O4. The van der Waals surface area contributed by atoms with Gasteiger partial charge in [-0.1, -0.05) is 77.6 Å². The smallest absolute Gasteiger partial charge is 0.336 e. The fourth-order valence-electron chi connectivity index (χ4n) is 3.04. The molecule has 0 bridgehead atoms. The summed E-state index contributed by atoms with van der Waals surface area (Å²) in [4.78, 5) is 23.1. The van der Waals surface area contributed by atoms with Crippen LogP contribution in [-0.2, 0) is 14.3 Å². The molecule has 4 nitrogen and oxygen atoms in total. The van der Waals surface area contributed by atoms with Crippen molar-refractivity contribution in [3.63, 3.8) is 0 Å². The molecule has 0 fully saturated rings. The SMILES string of the molecule is CCCCCCCCCCCCCCOC(=O)/C=C/C(=O)Oc1cc(F)cc(F)c1. The molecule has 0 aromatic heterocycles. The van der Waals surface area contributed by atoms with Crippen LogP contribution in [0.15, 0.2) is 30.4 Å². The summed E-state index contributed by atoms with van der Waals surface area (Å²) in [5.41, 5.74) is 0. The predicted octanol–water partition coefficient (Wildman–Crippen LogP) is 6.67. The lowest BCUT2D eigenvalue weighted by atomic mass is 10.1. The summed E-state index contributed by atoms with van der Waals surface area (Å²) in [5.74, 6) is -3.55. The minimum Gasteiger partial charge on any atom is -0.463 e. The lowest BCUT2D eigenvalue weighted by molar-refractivity contribution is -0.138. The van der Waals surface area contributed by atoms with Gasteiger partial charge in [-0.2, -0.15) is 0 Å². The van der Waals surface area contributed by atoms with Crippen molar-refractivity contribution in [2.24, 2.45) is 0 Å². The van der Waals surface area contributed by atoms with Crippen molar-refractivity contribution in [2.45, 2.75) is 84.0 Å². The predicted molar refractivity (Wildman–Crippen MR) is 113 cm³/mol. The van der Waals surface area contributed by atoms with Gasteiger partial charge in [-0.15, -0.1) is 0 Å². The number of carbonyl (C=O) groups excluding carboxylic acids is 2. The first-order valence-electron chi connectivity index (χ1n) is 11.0. The van der Waals surface area contributed by atoms with Crippen LogP contribution >= 0.6 is 0 Å². The molecule has 0 saturated heterocycles. The van der Waals surface area contributed by atoms with Crippen molar-refractivity contribution >= 4 is 11.9 Å². The first-order valence-corrected chi connectivity index (χ1v) is 11.0. The quantitative estimate of drug-likeness (QED) is 0.129. The fourth-order valence-corrected chi connectivity index (χ4v) is 3.04. The van der Waals surface area contributed by atoms with Crippen molar-refractivity contribution in [2.75, 3.05) is 6.61 Å². The molecule has 0 aliphatic rings. The van der Waals surface area contributed by atoms with Gasteiger partial charge in [-0.25, -0.2) is 18.4 Å². The molecule has 0 radical (unpaired) electrons. The molecule has 0 saturated carbocycles. The molecule has 0 aliphatic carbocycles. The Hall–Kier alpha value is -2.24. The molecule has 1 aromatic carbocycles.